The Morgan fingerprint density at radius 3 is 2.46 bits per heavy atom. The number of likely N-dealkylation sites (tertiary alicyclic amines) is 1. The minimum Gasteiger partial charge on any atom is -0.530 e. The fourth-order valence-electron chi connectivity index (χ4n) is 5.43. The molecule has 1 amide bonds. The maximum Gasteiger partial charge on any atom is 0.137 e. The molecule has 41 heavy (non-hydrogen) atoms. The van der Waals surface area contributed by atoms with Gasteiger partial charge in [0.1, 0.15) is 29.9 Å². The summed E-state index contributed by atoms with van der Waals surface area (Å²) in [5.41, 5.74) is 3.36. The number of carbonyl (C=O) groups is 1. The van der Waals surface area contributed by atoms with Crippen molar-refractivity contribution < 1.29 is 28.8 Å². The van der Waals surface area contributed by atoms with Crippen LogP contribution in [0.5, 0.6) is 17.2 Å². The highest BCUT2D eigenvalue weighted by Gasteiger charge is 2.32. The quantitative estimate of drug-likeness (QED) is 0.288. The summed E-state index contributed by atoms with van der Waals surface area (Å²) in [7, 11) is 3.26. The maximum atomic E-state index is 11.7. The van der Waals surface area contributed by atoms with Gasteiger partial charge in [-0.2, -0.15) is 5.26 Å². The highest BCUT2D eigenvalue weighted by Crippen LogP contribution is 2.38. The molecule has 1 fully saturated rings. The molecule has 0 bridgehead atoms. The van der Waals surface area contributed by atoms with E-state index in [0.717, 1.165) is 27.5 Å². The molecule has 2 unspecified atom stereocenters. The van der Waals surface area contributed by atoms with E-state index in [4.69, 9.17) is 24.2 Å². The highest BCUT2D eigenvalue weighted by molar-refractivity contribution is 5.94. The van der Waals surface area contributed by atoms with E-state index in [1.54, 1.807) is 20.3 Å². The molecule has 4 aromatic rings. The predicted molar refractivity (Wildman–Crippen MR) is 152 cm³/mol. The van der Waals surface area contributed by atoms with Crippen LogP contribution in [0.2, 0.25) is 0 Å². The topological polar surface area (TPSA) is 104 Å². The number of ether oxygens (including phenoxy) is 4. The SMILES string of the molecule is COc1cc(COC2CN(C(=O)[O-])CCC2c2ccc(OCc3cccc(C#N)c3)cc2)c(OC)c2ccccc12. The first-order chi connectivity index (χ1) is 20.0. The molecular formula is C33H31N2O6-. The van der Waals surface area contributed by atoms with Gasteiger partial charge in [0, 0.05) is 35.3 Å². The van der Waals surface area contributed by atoms with Crippen molar-refractivity contribution in [2.45, 2.75) is 31.7 Å². The average Bonchev–Trinajstić information content (AvgIpc) is 3.02. The summed E-state index contributed by atoms with van der Waals surface area (Å²) >= 11 is 0. The molecule has 1 saturated heterocycles. The van der Waals surface area contributed by atoms with Crippen molar-refractivity contribution in [1.82, 2.24) is 4.90 Å². The number of amides is 1. The van der Waals surface area contributed by atoms with Gasteiger partial charge in [0.25, 0.3) is 0 Å². The molecule has 1 aliphatic rings. The standard InChI is InChI=1S/C33H32N2O6/c1-38-30-17-25(32(39-2)29-9-4-3-8-28(29)30)21-41-31-19-35(33(36)37)15-14-27(31)24-10-12-26(13-11-24)40-20-23-7-5-6-22(16-23)18-34/h3-13,16-17,27,31H,14-15,19-21H2,1-2H3,(H,36,37)/p-1. The molecule has 0 N–H and O–H groups in total. The number of hydrogen-bond acceptors (Lipinski definition) is 7. The van der Waals surface area contributed by atoms with Gasteiger partial charge < -0.3 is 33.7 Å². The van der Waals surface area contributed by atoms with Gasteiger partial charge in [0.15, 0.2) is 0 Å². The molecule has 1 aliphatic heterocycles. The average molecular weight is 552 g/mol. The lowest BCUT2D eigenvalue weighted by Crippen LogP contribution is -2.51. The van der Waals surface area contributed by atoms with E-state index < -0.39 is 12.2 Å². The lowest BCUT2D eigenvalue weighted by molar-refractivity contribution is -0.268. The molecule has 0 spiro atoms. The van der Waals surface area contributed by atoms with Crippen LogP contribution >= 0.6 is 0 Å². The van der Waals surface area contributed by atoms with Gasteiger partial charge in [0.2, 0.25) is 0 Å². The lowest BCUT2D eigenvalue weighted by Gasteiger charge is -2.40. The Kier molecular flexibility index (Phi) is 8.56. The van der Waals surface area contributed by atoms with Crippen molar-refractivity contribution in [3.05, 3.63) is 101 Å². The van der Waals surface area contributed by atoms with Crippen LogP contribution in [0.25, 0.3) is 10.8 Å². The van der Waals surface area contributed by atoms with Crippen LogP contribution in [0.3, 0.4) is 0 Å². The van der Waals surface area contributed by atoms with Gasteiger partial charge >= 0.3 is 0 Å². The first-order valence-electron chi connectivity index (χ1n) is 13.4. The first-order valence-corrected chi connectivity index (χ1v) is 13.4. The molecular weight excluding hydrogens is 520 g/mol. The molecule has 1 heterocycles. The van der Waals surface area contributed by atoms with Crippen molar-refractivity contribution in [2.75, 3.05) is 27.3 Å². The molecule has 2 atom stereocenters. The van der Waals surface area contributed by atoms with Gasteiger partial charge in [-0.1, -0.05) is 48.5 Å². The van der Waals surface area contributed by atoms with Gasteiger partial charge in [-0.3, -0.25) is 0 Å². The number of benzene rings is 4. The predicted octanol–water partition coefficient (Wildman–Crippen LogP) is 5.03. The number of hydrogen-bond donors (Lipinski definition) is 0. The summed E-state index contributed by atoms with van der Waals surface area (Å²) < 4.78 is 23.8. The Balaban J connectivity index is 1.34. The second-order valence-electron chi connectivity index (χ2n) is 9.94. The normalized spacial score (nSPS) is 16.7. The molecule has 0 aromatic heterocycles. The van der Waals surface area contributed by atoms with Crippen LogP contribution in [0.15, 0.2) is 78.9 Å². The number of rotatable bonds is 9. The van der Waals surface area contributed by atoms with E-state index in [-0.39, 0.29) is 19.1 Å². The Morgan fingerprint density at radius 1 is 0.976 bits per heavy atom. The highest BCUT2D eigenvalue weighted by atomic mass is 16.5. The Morgan fingerprint density at radius 2 is 1.76 bits per heavy atom. The third kappa shape index (κ3) is 6.21. The molecule has 8 heteroatoms. The van der Waals surface area contributed by atoms with Gasteiger partial charge in [-0.15, -0.1) is 0 Å². The summed E-state index contributed by atoms with van der Waals surface area (Å²) in [6, 6.07) is 27.0. The van der Waals surface area contributed by atoms with Crippen LogP contribution < -0.4 is 19.3 Å². The van der Waals surface area contributed by atoms with Crippen molar-refractivity contribution in [2.24, 2.45) is 0 Å². The Labute approximate surface area is 239 Å². The van der Waals surface area contributed by atoms with Gasteiger partial charge in [-0.05, 0) is 47.9 Å². The van der Waals surface area contributed by atoms with Crippen LogP contribution in [0.4, 0.5) is 4.79 Å². The third-order valence-corrected chi connectivity index (χ3v) is 7.50. The first kappa shape index (κ1) is 27.8. The van der Waals surface area contributed by atoms with E-state index in [9.17, 15) is 9.90 Å². The van der Waals surface area contributed by atoms with Crippen LogP contribution in [-0.2, 0) is 18.0 Å². The number of methoxy groups -OCH3 is 2. The molecule has 0 saturated carbocycles. The van der Waals surface area contributed by atoms with Crippen LogP contribution in [0.1, 0.15) is 34.6 Å². The van der Waals surface area contributed by atoms with Gasteiger partial charge in [-0.25, -0.2) is 0 Å². The van der Waals surface area contributed by atoms with E-state index in [1.807, 2.05) is 72.8 Å². The van der Waals surface area contributed by atoms with Gasteiger partial charge in [0.05, 0.1) is 38.6 Å². The second-order valence-corrected chi connectivity index (χ2v) is 9.94. The molecule has 0 radical (unpaired) electrons. The summed E-state index contributed by atoms with van der Waals surface area (Å²) in [5, 5.41) is 22.7. The molecule has 4 aromatic carbocycles. The van der Waals surface area contributed by atoms with E-state index in [2.05, 4.69) is 6.07 Å². The monoisotopic (exact) mass is 551 g/mol. The van der Waals surface area contributed by atoms with Crippen LogP contribution in [0, 0.1) is 11.3 Å². The Hall–Kier alpha value is -4.74. The summed E-state index contributed by atoms with van der Waals surface area (Å²) in [4.78, 5) is 13.0. The van der Waals surface area contributed by atoms with Crippen LogP contribution in [-0.4, -0.2) is 44.4 Å². The largest absolute Gasteiger partial charge is 0.530 e. The van der Waals surface area contributed by atoms with Crippen molar-refractivity contribution in [3.8, 4) is 23.3 Å². The minimum atomic E-state index is -1.20. The van der Waals surface area contributed by atoms with E-state index >= 15 is 0 Å². The smallest absolute Gasteiger partial charge is 0.137 e. The summed E-state index contributed by atoms with van der Waals surface area (Å²) in [6.45, 7) is 1.14. The van der Waals surface area contributed by atoms with Crippen molar-refractivity contribution >= 4 is 16.9 Å². The molecule has 5 rings (SSSR count). The number of piperidine rings is 1. The fraction of sp³-hybridized carbons (Fsp3) is 0.273. The number of nitrogens with zero attached hydrogens (tertiary/aromatic N) is 2. The minimum absolute atomic E-state index is 0.0275. The molecule has 8 nitrogen and oxygen atoms in total. The van der Waals surface area contributed by atoms with Crippen molar-refractivity contribution in [1.29, 1.82) is 5.26 Å². The summed E-state index contributed by atoms with van der Waals surface area (Å²) in [6.07, 6.45) is -1.01. The third-order valence-electron chi connectivity index (χ3n) is 7.50. The summed E-state index contributed by atoms with van der Waals surface area (Å²) in [5.74, 6) is 2.09. The molecule has 0 aliphatic carbocycles. The number of carbonyl (C=O) groups excluding carboxylic acids is 1. The molecule has 210 valence electrons. The number of nitriles is 1. The van der Waals surface area contributed by atoms with Crippen molar-refractivity contribution in [3.63, 3.8) is 0 Å². The van der Waals surface area contributed by atoms with E-state index in [0.29, 0.717) is 42.4 Å². The number of carboxylic acid groups (broad SMARTS) is 1. The number of fused-ring (bicyclic) bond motifs is 1. The zero-order valence-corrected chi connectivity index (χ0v) is 23.0. The second kappa shape index (κ2) is 12.6. The zero-order chi connectivity index (χ0) is 28.8. The lowest BCUT2D eigenvalue weighted by atomic mass is 9.87. The fourth-order valence-corrected chi connectivity index (χ4v) is 5.43. The Bertz CT molecular complexity index is 1560. The van der Waals surface area contributed by atoms with E-state index in [1.165, 1.54) is 4.90 Å². The zero-order valence-electron chi connectivity index (χ0n) is 23.0. The maximum absolute atomic E-state index is 11.7.